The fraction of sp³-hybridized carbons (Fsp3) is 0.167. The summed E-state index contributed by atoms with van der Waals surface area (Å²) in [5.41, 5.74) is 3.26. The maximum absolute atomic E-state index is 10.5. The molecule has 0 saturated heterocycles. The lowest BCUT2D eigenvalue weighted by molar-refractivity contribution is 0.384. The summed E-state index contributed by atoms with van der Waals surface area (Å²) in [4.78, 5) is 0. The molecule has 0 aliphatic heterocycles. The van der Waals surface area contributed by atoms with Crippen LogP contribution in [-0.2, 0) is 12.8 Å². The highest BCUT2D eigenvalue weighted by molar-refractivity contribution is 5.93. The zero-order valence-electron chi connectivity index (χ0n) is 15.8. The Kier molecular flexibility index (Phi) is 4.80. The van der Waals surface area contributed by atoms with Crippen LogP contribution in [0.4, 0.5) is 0 Å². The van der Waals surface area contributed by atoms with Gasteiger partial charge in [-0.1, -0.05) is 23.8 Å². The van der Waals surface area contributed by atoms with E-state index in [9.17, 15) is 25.5 Å². The number of rotatable bonds is 4. The first kappa shape index (κ1) is 18.7. The average Bonchev–Trinajstić information content (AvgIpc) is 2.71. The Morgan fingerprint density at radius 1 is 0.690 bits per heavy atom. The standard InChI is InChI=1S/C24H22O5/c25-19-5-1-14(2-6-19)9-17-11-16-12-18(10-15-3-7-20(26)8-4-15)23(28)24(29)21(16)13-22(17)27/h1-3,5-7,11-13,25-29H,4,8-10H2. The van der Waals surface area contributed by atoms with Gasteiger partial charge in [0.2, 0.25) is 0 Å². The van der Waals surface area contributed by atoms with Crippen LogP contribution in [-0.4, -0.2) is 25.5 Å². The van der Waals surface area contributed by atoms with Gasteiger partial charge in [0.25, 0.3) is 0 Å². The van der Waals surface area contributed by atoms with Crippen molar-refractivity contribution >= 4 is 10.8 Å². The van der Waals surface area contributed by atoms with Crippen molar-refractivity contribution in [1.29, 1.82) is 0 Å². The fourth-order valence-corrected chi connectivity index (χ4v) is 3.68. The predicted molar refractivity (Wildman–Crippen MR) is 112 cm³/mol. The van der Waals surface area contributed by atoms with Crippen molar-refractivity contribution in [2.24, 2.45) is 0 Å². The molecular weight excluding hydrogens is 368 g/mol. The number of phenolic OH excluding ortho intramolecular Hbond substituents is 4. The topological polar surface area (TPSA) is 101 Å². The largest absolute Gasteiger partial charge is 0.512 e. The lowest BCUT2D eigenvalue weighted by Gasteiger charge is -2.15. The summed E-state index contributed by atoms with van der Waals surface area (Å²) in [7, 11) is 0. The van der Waals surface area contributed by atoms with E-state index < -0.39 is 0 Å². The summed E-state index contributed by atoms with van der Waals surface area (Å²) in [5, 5.41) is 51.4. The van der Waals surface area contributed by atoms with E-state index in [-0.39, 0.29) is 23.0 Å². The van der Waals surface area contributed by atoms with Crippen LogP contribution in [0.25, 0.3) is 10.8 Å². The summed E-state index contributed by atoms with van der Waals surface area (Å²) in [6.45, 7) is 0. The van der Waals surface area contributed by atoms with Crippen LogP contribution in [0.5, 0.6) is 23.0 Å². The molecule has 0 atom stereocenters. The molecule has 3 aromatic rings. The molecule has 0 saturated carbocycles. The van der Waals surface area contributed by atoms with Crippen molar-refractivity contribution in [3.8, 4) is 23.0 Å². The minimum atomic E-state index is -0.251. The molecule has 148 valence electrons. The highest BCUT2D eigenvalue weighted by atomic mass is 16.3. The molecule has 0 spiro atoms. The van der Waals surface area contributed by atoms with Gasteiger partial charge in [-0.3, -0.25) is 0 Å². The van der Waals surface area contributed by atoms with Gasteiger partial charge in [-0.15, -0.1) is 0 Å². The molecule has 4 rings (SSSR count). The molecule has 1 aliphatic carbocycles. The number of hydrogen-bond acceptors (Lipinski definition) is 5. The molecule has 0 heterocycles. The Labute approximate surface area is 168 Å². The fourth-order valence-electron chi connectivity index (χ4n) is 3.68. The normalized spacial score (nSPS) is 13.9. The van der Waals surface area contributed by atoms with Crippen molar-refractivity contribution in [2.45, 2.75) is 25.7 Å². The number of allylic oxidation sites excluding steroid dienone is 4. The van der Waals surface area contributed by atoms with Gasteiger partial charge in [0.1, 0.15) is 11.5 Å². The van der Waals surface area contributed by atoms with E-state index in [0.29, 0.717) is 48.0 Å². The van der Waals surface area contributed by atoms with E-state index in [1.165, 1.54) is 6.07 Å². The zero-order chi connectivity index (χ0) is 20.5. The van der Waals surface area contributed by atoms with Gasteiger partial charge in [0.05, 0.1) is 5.76 Å². The molecule has 29 heavy (non-hydrogen) atoms. The summed E-state index contributed by atoms with van der Waals surface area (Å²) in [5.74, 6) is 0.112. The summed E-state index contributed by atoms with van der Waals surface area (Å²) >= 11 is 0. The van der Waals surface area contributed by atoms with E-state index in [4.69, 9.17) is 0 Å². The van der Waals surface area contributed by atoms with Crippen LogP contribution in [0.3, 0.4) is 0 Å². The number of aliphatic hydroxyl groups is 1. The van der Waals surface area contributed by atoms with Crippen LogP contribution in [0.15, 0.2) is 65.9 Å². The highest BCUT2D eigenvalue weighted by Gasteiger charge is 2.16. The maximum Gasteiger partial charge on any atom is 0.165 e. The van der Waals surface area contributed by atoms with Crippen molar-refractivity contribution in [3.05, 3.63) is 82.6 Å². The Balaban J connectivity index is 1.72. The molecular formula is C24H22O5. The van der Waals surface area contributed by atoms with Crippen molar-refractivity contribution in [3.63, 3.8) is 0 Å². The number of fused-ring (bicyclic) bond motifs is 1. The lowest BCUT2D eigenvalue weighted by atomic mass is 9.93. The van der Waals surface area contributed by atoms with E-state index in [1.807, 2.05) is 12.1 Å². The van der Waals surface area contributed by atoms with Crippen LogP contribution < -0.4 is 0 Å². The Morgan fingerprint density at radius 3 is 2.10 bits per heavy atom. The predicted octanol–water partition coefficient (Wildman–Crippen LogP) is 4.96. The van der Waals surface area contributed by atoms with E-state index in [1.54, 1.807) is 36.4 Å². The third kappa shape index (κ3) is 3.85. The maximum atomic E-state index is 10.5. The van der Waals surface area contributed by atoms with Crippen LogP contribution in [0.1, 0.15) is 29.5 Å². The van der Waals surface area contributed by atoms with Crippen molar-refractivity contribution in [2.75, 3.05) is 0 Å². The number of aliphatic hydroxyl groups excluding tert-OH is 1. The van der Waals surface area contributed by atoms with Gasteiger partial charge < -0.3 is 25.5 Å². The molecule has 0 amide bonds. The van der Waals surface area contributed by atoms with E-state index >= 15 is 0 Å². The summed E-state index contributed by atoms with van der Waals surface area (Å²) in [6, 6.07) is 11.9. The number of aromatic hydroxyl groups is 4. The molecule has 1 aliphatic rings. The van der Waals surface area contributed by atoms with Crippen molar-refractivity contribution < 1.29 is 25.5 Å². The lowest BCUT2D eigenvalue weighted by Crippen LogP contribution is -1.98. The van der Waals surface area contributed by atoms with E-state index in [2.05, 4.69) is 0 Å². The van der Waals surface area contributed by atoms with Crippen molar-refractivity contribution in [1.82, 2.24) is 0 Å². The summed E-state index contributed by atoms with van der Waals surface area (Å²) in [6.07, 6.45) is 5.69. The summed E-state index contributed by atoms with van der Waals surface area (Å²) < 4.78 is 0. The molecule has 0 unspecified atom stereocenters. The first-order chi connectivity index (χ1) is 13.9. The Morgan fingerprint density at radius 2 is 1.41 bits per heavy atom. The SMILES string of the molecule is OC1=CC=C(Cc2cc3cc(Cc4ccc(O)cc4)c(O)cc3c(O)c2O)CC1. The van der Waals surface area contributed by atoms with E-state index in [0.717, 1.165) is 16.5 Å². The van der Waals surface area contributed by atoms with Gasteiger partial charge >= 0.3 is 0 Å². The Bertz CT molecular complexity index is 1140. The molecule has 5 N–H and O–H groups in total. The third-order valence-electron chi connectivity index (χ3n) is 5.33. The second-order valence-corrected chi connectivity index (χ2v) is 7.44. The number of hydrogen-bond donors (Lipinski definition) is 5. The smallest absolute Gasteiger partial charge is 0.165 e. The zero-order valence-corrected chi connectivity index (χ0v) is 15.8. The number of benzene rings is 3. The third-order valence-corrected chi connectivity index (χ3v) is 5.33. The highest BCUT2D eigenvalue weighted by Crippen LogP contribution is 2.41. The van der Waals surface area contributed by atoms with Gasteiger partial charge in [0.15, 0.2) is 11.5 Å². The molecule has 0 fully saturated rings. The van der Waals surface area contributed by atoms with Gasteiger partial charge in [0, 0.05) is 23.8 Å². The quantitative estimate of drug-likeness (QED) is 0.406. The Hall–Kier alpha value is -3.60. The minimum Gasteiger partial charge on any atom is -0.512 e. The van der Waals surface area contributed by atoms with Gasteiger partial charge in [-0.25, -0.2) is 0 Å². The molecule has 5 nitrogen and oxygen atoms in total. The van der Waals surface area contributed by atoms with Gasteiger partial charge in [-0.2, -0.15) is 0 Å². The second kappa shape index (κ2) is 7.43. The number of phenols is 4. The van der Waals surface area contributed by atoms with Gasteiger partial charge in [-0.05, 0) is 65.8 Å². The minimum absolute atomic E-state index is 0.0311. The molecule has 0 radical (unpaired) electrons. The van der Waals surface area contributed by atoms with Crippen LogP contribution >= 0.6 is 0 Å². The first-order valence-corrected chi connectivity index (χ1v) is 9.45. The molecule has 0 aromatic heterocycles. The first-order valence-electron chi connectivity index (χ1n) is 9.45. The van der Waals surface area contributed by atoms with Crippen LogP contribution in [0.2, 0.25) is 0 Å². The van der Waals surface area contributed by atoms with Crippen LogP contribution in [0, 0.1) is 0 Å². The second-order valence-electron chi connectivity index (χ2n) is 7.44. The monoisotopic (exact) mass is 390 g/mol. The molecule has 5 heteroatoms. The molecule has 3 aromatic carbocycles. The average molecular weight is 390 g/mol. The molecule has 0 bridgehead atoms.